The molecule has 0 aliphatic rings. The van der Waals surface area contributed by atoms with Gasteiger partial charge in [0.2, 0.25) is 11.7 Å². The molecule has 0 saturated heterocycles. The van der Waals surface area contributed by atoms with Crippen LogP contribution in [0, 0.1) is 6.92 Å². The van der Waals surface area contributed by atoms with Gasteiger partial charge in [0, 0.05) is 20.2 Å². The van der Waals surface area contributed by atoms with Crippen LogP contribution in [0.4, 0.5) is 0 Å². The second-order valence-electron chi connectivity index (χ2n) is 3.76. The summed E-state index contributed by atoms with van der Waals surface area (Å²) in [6.45, 7) is 3.33. The lowest BCUT2D eigenvalue weighted by Crippen LogP contribution is -2.44. The van der Waals surface area contributed by atoms with E-state index >= 15 is 0 Å². The molecule has 6 nitrogen and oxygen atoms in total. The topological polar surface area (TPSA) is 75.4 Å². The van der Waals surface area contributed by atoms with Crippen molar-refractivity contribution in [2.75, 3.05) is 14.1 Å². The first-order chi connectivity index (χ1) is 7.41. The maximum absolute atomic E-state index is 11.6. The number of aromatic nitrogens is 1. The van der Waals surface area contributed by atoms with E-state index < -0.39 is 11.9 Å². The number of nitrogens with zero attached hydrogens (tertiary/aromatic N) is 2. The molecule has 0 aliphatic heterocycles. The maximum atomic E-state index is 11.6. The van der Waals surface area contributed by atoms with Crippen LogP contribution in [0.15, 0.2) is 10.6 Å². The fraction of sp³-hybridized carbons (Fsp3) is 0.500. The van der Waals surface area contributed by atoms with Crippen LogP contribution >= 0.6 is 0 Å². The van der Waals surface area contributed by atoms with Crippen molar-refractivity contribution in [1.29, 1.82) is 0 Å². The first kappa shape index (κ1) is 12.2. The third-order valence-corrected chi connectivity index (χ3v) is 2.01. The lowest BCUT2D eigenvalue weighted by molar-refractivity contribution is -0.130. The molecule has 1 atom stereocenters. The van der Waals surface area contributed by atoms with Crippen LogP contribution in [0.1, 0.15) is 23.2 Å². The number of rotatable bonds is 3. The number of hydrogen-bond acceptors (Lipinski definition) is 4. The number of likely N-dealkylation sites (N-methyl/N-ethyl adjacent to an activating group) is 1. The van der Waals surface area contributed by atoms with Gasteiger partial charge in [0.05, 0.1) is 5.69 Å². The van der Waals surface area contributed by atoms with Crippen molar-refractivity contribution in [2.24, 2.45) is 0 Å². The number of carbonyl (C=O) groups excluding carboxylic acids is 2. The zero-order valence-corrected chi connectivity index (χ0v) is 9.77. The normalized spacial score (nSPS) is 12.0. The summed E-state index contributed by atoms with van der Waals surface area (Å²) in [5.41, 5.74) is 0.622. The summed E-state index contributed by atoms with van der Waals surface area (Å²) < 4.78 is 4.78. The van der Waals surface area contributed by atoms with Crippen LogP contribution in [0.5, 0.6) is 0 Å². The van der Waals surface area contributed by atoms with Gasteiger partial charge >= 0.3 is 0 Å². The van der Waals surface area contributed by atoms with Crippen LogP contribution in [0.2, 0.25) is 0 Å². The van der Waals surface area contributed by atoms with E-state index in [2.05, 4.69) is 10.5 Å². The molecular weight excluding hydrogens is 210 g/mol. The Morgan fingerprint density at radius 2 is 2.12 bits per heavy atom. The number of nitrogens with one attached hydrogen (secondary N) is 1. The van der Waals surface area contributed by atoms with Gasteiger partial charge in [-0.2, -0.15) is 0 Å². The minimum Gasteiger partial charge on any atom is -0.351 e. The monoisotopic (exact) mass is 225 g/mol. The minimum atomic E-state index is -0.590. The fourth-order valence-corrected chi connectivity index (χ4v) is 1.19. The Bertz CT molecular complexity index is 398. The van der Waals surface area contributed by atoms with Crippen LogP contribution in [-0.2, 0) is 4.79 Å². The van der Waals surface area contributed by atoms with Crippen molar-refractivity contribution in [3.8, 4) is 0 Å². The molecule has 0 aliphatic carbocycles. The zero-order valence-electron chi connectivity index (χ0n) is 9.77. The van der Waals surface area contributed by atoms with Crippen LogP contribution < -0.4 is 5.32 Å². The highest BCUT2D eigenvalue weighted by atomic mass is 16.5. The molecule has 0 saturated carbocycles. The van der Waals surface area contributed by atoms with E-state index in [1.807, 2.05) is 0 Å². The minimum absolute atomic E-state index is 0.107. The molecule has 0 fully saturated rings. The van der Waals surface area contributed by atoms with Crippen LogP contribution in [-0.4, -0.2) is 42.0 Å². The fourth-order valence-electron chi connectivity index (χ4n) is 1.19. The van der Waals surface area contributed by atoms with E-state index in [0.29, 0.717) is 5.69 Å². The molecule has 1 aromatic rings. The van der Waals surface area contributed by atoms with Crippen LogP contribution in [0.25, 0.3) is 0 Å². The van der Waals surface area contributed by atoms with Gasteiger partial charge < -0.3 is 14.7 Å². The quantitative estimate of drug-likeness (QED) is 0.796. The van der Waals surface area contributed by atoms with E-state index in [9.17, 15) is 9.59 Å². The molecule has 1 aromatic heterocycles. The van der Waals surface area contributed by atoms with Gasteiger partial charge in [0.1, 0.15) is 6.04 Å². The van der Waals surface area contributed by atoms with Crippen molar-refractivity contribution in [3.05, 3.63) is 17.5 Å². The van der Waals surface area contributed by atoms with Gasteiger partial charge in [-0.15, -0.1) is 0 Å². The Morgan fingerprint density at radius 3 is 2.56 bits per heavy atom. The Labute approximate surface area is 93.6 Å². The molecule has 0 spiro atoms. The molecule has 6 heteroatoms. The standard InChI is InChI=1S/C10H15N3O3/c1-6-5-8(16-12-6)9(14)11-7(2)10(15)13(3)4/h5,7H,1-4H3,(H,11,14)/t7-/m1/s1. The molecule has 2 amide bonds. The number of hydrogen-bond donors (Lipinski definition) is 1. The lowest BCUT2D eigenvalue weighted by Gasteiger charge is -2.17. The molecule has 1 rings (SSSR count). The molecular formula is C10H15N3O3. The highest BCUT2D eigenvalue weighted by molar-refractivity contribution is 5.95. The third kappa shape index (κ3) is 2.82. The Kier molecular flexibility index (Phi) is 3.65. The summed E-state index contributed by atoms with van der Waals surface area (Å²) in [6, 6.07) is 0.926. The molecule has 16 heavy (non-hydrogen) atoms. The summed E-state index contributed by atoms with van der Waals surface area (Å²) in [4.78, 5) is 24.5. The zero-order chi connectivity index (χ0) is 12.3. The van der Waals surface area contributed by atoms with Crippen molar-refractivity contribution in [1.82, 2.24) is 15.4 Å². The second-order valence-corrected chi connectivity index (χ2v) is 3.76. The molecule has 1 heterocycles. The highest BCUT2D eigenvalue weighted by Gasteiger charge is 2.20. The van der Waals surface area contributed by atoms with Gasteiger partial charge in [-0.05, 0) is 13.8 Å². The van der Waals surface area contributed by atoms with E-state index in [-0.39, 0.29) is 11.7 Å². The molecule has 0 aromatic carbocycles. The van der Waals surface area contributed by atoms with E-state index in [4.69, 9.17) is 4.52 Å². The third-order valence-electron chi connectivity index (χ3n) is 2.01. The summed E-state index contributed by atoms with van der Waals surface area (Å²) in [6.07, 6.45) is 0. The van der Waals surface area contributed by atoms with Crippen molar-refractivity contribution in [3.63, 3.8) is 0 Å². The first-order valence-electron chi connectivity index (χ1n) is 4.87. The molecule has 0 bridgehead atoms. The van der Waals surface area contributed by atoms with E-state index in [1.165, 1.54) is 11.0 Å². The molecule has 1 N–H and O–H groups in total. The van der Waals surface area contributed by atoms with Crippen LogP contribution in [0.3, 0.4) is 0 Å². The van der Waals surface area contributed by atoms with E-state index in [1.54, 1.807) is 27.9 Å². The lowest BCUT2D eigenvalue weighted by atomic mass is 10.3. The predicted molar refractivity (Wildman–Crippen MR) is 56.9 cm³/mol. The van der Waals surface area contributed by atoms with Crippen molar-refractivity contribution >= 4 is 11.8 Å². The SMILES string of the molecule is Cc1cc(C(=O)N[C@H](C)C(=O)N(C)C)on1. The average Bonchev–Trinajstić information content (AvgIpc) is 2.63. The van der Waals surface area contributed by atoms with E-state index in [0.717, 1.165) is 0 Å². The number of aryl methyl sites for hydroxylation is 1. The molecule has 88 valence electrons. The smallest absolute Gasteiger partial charge is 0.290 e. The summed E-state index contributed by atoms with van der Waals surface area (Å²) in [5.74, 6) is -0.510. The Hall–Kier alpha value is -1.85. The summed E-state index contributed by atoms with van der Waals surface area (Å²) >= 11 is 0. The van der Waals surface area contributed by atoms with Crippen molar-refractivity contribution < 1.29 is 14.1 Å². The summed E-state index contributed by atoms with van der Waals surface area (Å²) in [5, 5.41) is 6.12. The highest BCUT2D eigenvalue weighted by Crippen LogP contribution is 2.02. The largest absolute Gasteiger partial charge is 0.351 e. The summed E-state index contributed by atoms with van der Waals surface area (Å²) in [7, 11) is 3.26. The number of amides is 2. The Morgan fingerprint density at radius 1 is 1.50 bits per heavy atom. The van der Waals surface area contributed by atoms with Gasteiger partial charge in [0.15, 0.2) is 0 Å². The van der Waals surface area contributed by atoms with Crippen molar-refractivity contribution in [2.45, 2.75) is 19.9 Å². The average molecular weight is 225 g/mol. The van der Waals surface area contributed by atoms with Gasteiger partial charge in [0.25, 0.3) is 5.91 Å². The second kappa shape index (κ2) is 4.78. The number of carbonyl (C=O) groups is 2. The first-order valence-corrected chi connectivity index (χ1v) is 4.87. The predicted octanol–water partition coefficient (Wildman–Crippen LogP) is 0.190. The maximum Gasteiger partial charge on any atom is 0.290 e. The molecule has 0 unspecified atom stereocenters. The van der Waals surface area contributed by atoms with Gasteiger partial charge in [-0.3, -0.25) is 9.59 Å². The van der Waals surface area contributed by atoms with Gasteiger partial charge in [-0.25, -0.2) is 0 Å². The molecule has 0 radical (unpaired) electrons. The Balaban J connectivity index is 2.61. The van der Waals surface area contributed by atoms with Gasteiger partial charge in [-0.1, -0.05) is 5.16 Å².